The first-order chi connectivity index (χ1) is 29.2. The molecule has 0 unspecified atom stereocenters. The van der Waals surface area contributed by atoms with Gasteiger partial charge in [-0.3, -0.25) is 0 Å². The van der Waals surface area contributed by atoms with Crippen LogP contribution >= 0.6 is 0 Å². The van der Waals surface area contributed by atoms with E-state index in [1.807, 2.05) is 0 Å². The number of hydrogen-bond donors (Lipinski definition) is 1. The molecule has 0 spiro atoms. The molecule has 0 fully saturated rings. The first-order valence-corrected chi connectivity index (χ1v) is 22.3. The number of nitrogens with zero attached hydrogens (tertiary/aromatic N) is 2. The number of aryl methyl sites for hydroxylation is 1. The summed E-state index contributed by atoms with van der Waals surface area (Å²) < 4.78 is 0. The Hall–Kier alpha value is -6.06. The molecule has 0 saturated heterocycles. The molecule has 0 aliphatic heterocycles. The zero-order valence-corrected chi connectivity index (χ0v) is 39.3. The van der Waals surface area contributed by atoms with Gasteiger partial charge in [-0.05, 0) is 159 Å². The van der Waals surface area contributed by atoms with Gasteiger partial charge in [0.05, 0.1) is 5.69 Å². The van der Waals surface area contributed by atoms with Gasteiger partial charge in [0, 0.05) is 45.2 Å². The zero-order chi connectivity index (χ0) is 44.4. The molecule has 0 heterocycles. The molecule has 3 heteroatoms. The van der Waals surface area contributed by atoms with E-state index in [-0.39, 0.29) is 21.7 Å². The van der Waals surface area contributed by atoms with Crippen LogP contribution in [0.2, 0.25) is 0 Å². The van der Waals surface area contributed by atoms with Gasteiger partial charge < -0.3 is 15.1 Å². The average Bonchev–Trinajstić information content (AvgIpc) is 3.45. The van der Waals surface area contributed by atoms with Gasteiger partial charge in [-0.2, -0.15) is 0 Å². The highest BCUT2D eigenvalue weighted by Gasteiger charge is 2.36. The molecule has 0 amide bonds. The molecule has 8 rings (SSSR count). The molecular formula is C59H65N3. The fraction of sp³-hybridized carbons (Fsp3) is 0.288. The summed E-state index contributed by atoms with van der Waals surface area (Å²) in [5.41, 5.74) is 20.6. The predicted octanol–water partition coefficient (Wildman–Crippen LogP) is 17.2. The Bertz CT molecular complexity index is 2690. The van der Waals surface area contributed by atoms with Crippen LogP contribution in [0.4, 0.5) is 45.5 Å². The lowest BCUT2D eigenvalue weighted by Gasteiger charge is -2.32. The lowest BCUT2D eigenvalue weighted by molar-refractivity contribution is 0.590. The Labute approximate surface area is 372 Å². The van der Waals surface area contributed by atoms with Crippen molar-refractivity contribution in [2.75, 3.05) is 15.1 Å². The summed E-state index contributed by atoms with van der Waals surface area (Å²) in [4.78, 5) is 4.88. The standard InChI is InChI=1S/C59H65N3/c1-39-34-54(60-44-19-16-18-43(36-44)58(9,10)11)40(2)55(35-39)62(49-32-33-51-50-22-14-15-23-52(50)59(12,13)53(51)38-49)48-21-17-20-47(37-48)61(45-28-24-41(25-29-45)56(3,4)5)46-30-26-42(27-31-46)57(6,7)8/h14-38,60H,1-13H3. The molecule has 1 aliphatic rings. The van der Waals surface area contributed by atoms with E-state index >= 15 is 0 Å². The van der Waals surface area contributed by atoms with Crippen LogP contribution in [0, 0.1) is 13.8 Å². The van der Waals surface area contributed by atoms with E-state index in [9.17, 15) is 0 Å². The van der Waals surface area contributed by atoms with Crippen molar-refractivity contribution in [3.63, 3.8) is 0 Å². The summed E-state index contributed by atoms with van der Waals surface area (Å²) in [6.45, 7) is 29.7. The van der Waals surface area contributed by atoms with Crippen LogP contribution in [0.5, 0.6) is 0 Å². The molecule has 7 aromatic carbocycles. The summed E-state index contributed by atoms with van der Waals surface area (Å²) in [5.74, 6) is 0. The number of benzene rings is 7. The Morgan fingerprint density at radius 3 is 1.53 bits per heavy atom. The summed E-state index contributed by atoms with van der Waals surface area (Å²) in [7, 11) is 0. The van der Waals surface area contributed by atoms with E-state index in [0.29, 0.717) is 0 Å². The Balaban J connectivity index is 1.31. The zero-order valence-electron chi connectivity index (χ0n) is 39.3. The minimum Gasteiger partial charge on any atom is -0.355 e. The van der Waals surface area contributed by atoms with E-state index in [2.05, 4.69) is 257 Å². The first kappa shape index (κ1) is 42.6. The Morgan fingerprint density at radius 2 is 0.935 bits per heavy atom. The maximum Gasteiger partial charge on any atom is 0.0514 e. The third kappa shape index (κ3) is 8.18. The van der Waals surface area contributed by atoms with Gasteiger partial charge in [-0.25, -0.2) is 0 Å². The van der Waals surface area contributed by atoms with Crippen LogP contribution in [-0.4, -0.2) is 0 Å². The van der Waals surface area contributed by atoms with E-state index in [1.165, 1.54) is 50.1 Å². The lowest BCUT2D eigenvalue weighted by atomic mass is 9.82. The van der Waals surface area contributed by atoms with Crippen molar-refractivity contribution >= 4 is 45.5 Å². The van der Waals surface area contributed by atoms with Crippen LogP contribution in [0.1, 0.15) is 115 Å². The Morgan fingerprint density at radius 1 is 0.419 bits per heavy atom. The van der Waals surface area contributed by atoms with Crippen molar-refractivity contribution in [2.45, 2.75) is 112 Å². The molecule has 7 aromatic rings. The SMILES string of the molecule is Cc1cc(Nc2cccc(C(C)(C)C)c2)c(C)c(N(c2cccc(N(c3ccc(C(C)(C)C)cc3)c3ccc(C(C)(C)C)cc3)c2)c2ccc3c(c2)C(C)(C)c2ccccc2-3)c1. The van der Waals surface area contributed by atoms with E-state index < -0.39 is 0 Å². The van der Waals surface area contributed by atoms with Crippen molar-refractivity contribution in [1.82, 2.24) is 0 Å². The second-order valence-electron chi connectivity index (χ2n) is 21.1. The van der Waals surface area contributed by atoms with Crippen molar-refractivity contribution in [3.05, 3.63) is 191 Å². The van der Waals surface area contributed by atoms with Crippen molar-refractivity contribution in [1.29, 1.82) is 0 Å². The number of rotatable bonds is 8. The van der Waals surface area contributed by atoms with Gasteiger partial charge in [0.1, 0.15) is 0 Å². The number of fused-ring (bicyclic) bond motifs is 3. The molecule has 62 heavy (non-hydrogen) atoms. The minimum absolute atomic E-state index is 0.0461. The maximum absolute atomic E-state index is 3.86. The second-order valence-corrected chi connectivity index (χ2v) is 21.1. The van der Waals surface area contributed by atoms with Gasteiger partial charge in [0.25, 0.3) is 0 Å². The normalized spacial score (nSPS) is 13.4. The van der Waals surface area contributed by atoms with E-state index in [1.54, 1.807) is 0 Å². The topological polar surface area (TPSA) is 18.5 Å². The highest BCUT2D eigenvalue weighted by atomic mass is 15.2. The van der Waals surface area contributed by atoms with Crippen LogP contribution in [-0.2, 0) is 21.7 Å². The monoisotopic (exact) mass is 816 g/mol. The molecule has 0 aromatic heterocycles. The highest BCUT2D eigenvalue weighted by molar-refractivity contribution is 5.89. The van der Waals surface area contributed by atoms with E-state index in [0.717, 1.165) is 45.5 Å². The summed E-state index contributed by atoms with van der Waals surface area (Å²) >= 11 is 0. The van der Waals surface area contributed by atoms with Gasteiger partial charge >= 0.3 is 0 Å². The summed E-state index contributed by atoms with van der Waals surface area (Å²) in [5, 5.41) is 3.86. The third-order valence-electron chi connectivity index (χ3n) is 12.9. The molecule has 0 saturated carbocycles. The van der Waals surface area contributed by atoms with Gasteiger partial charge in [0.15, 0.2) is 0 Å². The highest BCUT2D eigenvalue weighted by Crippen LogP contribution is 2.51. The molecule has 0 bridgehead atoms. The van der Waals surface area contributed by atoms with Crippen molar-refractivity contribution < 1.29 is 0 Å². The fourth-order valence-corrected chi connectivity index (χ4v) is 9.12. The summed E-state index contributed by atoms with van der Waals surface area (Å²) in [6, 6.07) is 56.8. The Kier molecular flexibility index (Phi) is 10.8. The largest absolute Gasteiger partial charge is 0.355 e. The van der Waals surface area contributed by atoms with Gasteiger partial charge in [-0.15, -0.1) is 0 Å². The third-order valence-corrected chi connectivity index (χ3v) is 12.9. The molecule has 316 valence electrons. The summed E-state index contributed by atoms with van der Waals surface area (Å²) in [6.07, 6.45) is 0. The van der Waals surface area contributed by atoms with Gasteiger partial charge in [-0.1, -0.05) is 149 Å². The number of anilines is 8. The van der Waals surface area contributed by atoms with Crippen molar-refractivity contribution in [3.8, 4) is 11.1 Å². The van der Waals surface area contributed by atoms with E-state index in [4.69, 9.17) is 0 Å². The fourth-order valence-electron chi connectivity index (χ4n) is 9.12. The number of nitrogens with one attached hydrogen (secondary N) is 1. The van der Waals surface area contributed by atoms with Gasteiger partial charge in [0.2, 0.25) is 0 Å². The molecule has 3 nitrogen and oxygen atoms in total. The minimum atomic E-state index is -0.142. The van der Waals surface area contributed by atoms with Crippen LogP contribution in [0.25, 0.3) is 11.1 Å². The molecule has 1 N–H and O–H groups in total. The van der Waals surface area contributed by atoms with Crippen LogP contribution in [0.3, 0.4) is 0 Å². The first-order valence-electron chi connectivity index (χ1n) is 22.3. The second kappa shape index (κ2) is 15.7. The lowest BCUT2D eigenvalue weighted by Crippen LogP contribution is -2.18. The predicted molar refractivity (Wildman–Crippen MR) is 269 cm³/mol. The molecule has 1 aliphatic carbocycles. The maximum atomic E-state index is 3.86. The molecule has 0 atom stereocenters. The molecular weight excluding hydrogens is 751 g/mol. The smallest absolute Gasteiger partial charge is 0.0514 e. The molecule has 0 radical (unpaired) electrons. The van der Waals surface area contributed by atoms with Crippen LogP contribution in [0.15, 0.2) is 152 Å². The van der Waals surface area contributed by atoms with Crippen molar-refractivity contribution in [2.24, 2.45) is 0 Å². The average molecular weight is 816 g/mol. The number of hydrogen-bond acceptors (Lipinski definition) is 3. The quantitative estimate of drug-likeness (QED) is 0.165. The van der Waals surface area contributed by atoms with Crippen LogP contribution < -0.4 is 15.1 Å².